The van der Waals surface area contributed by atoms with Crippen LogP contribution in [0.3, 0.4) is 0 Å². The van der Waals surface area contributed by atoms with Crippen LogP contribution in [0.15, 0.2) is 0 Å². The molecule has 0 heterocycles. The van der Waals surface area contributed by atoms with Crippen LogP contribution in [0, 0.1) is 0 Å². The molecule has 0 aliphatic rings. The second kappa shape index (κ2) is 2.44. The van der Waals surface area contributed by atoms with Gasteiger partial charge in [-0.1, -0.05) is 0 Å². The molecule has 0 amide bonds. The minimum atomic E-state index is -0.847. The quantitative estimate of drug-likeness (QED) is 0.440. The summed E-state index contributed by atoms with van der Waals surface area (Å²) in [6, 6.07) is 0. The Kier molecular flexibility index (Phi) is 2.40. The highest BCUT2D eigenvalue weighted by molar-refractivity contribution is 4.82. The van der Waals surface area contributed by atoms with Gasteiger partial charge in [0.25, 0.3) is 0 Å². The maximum atomic E-state index is 8.80. The van der Waals surface area contributed by atoms with Crippen LogP contribution in [0.2, 0.25) is 0 Å². The topological polar surface area (TPSA) is 66.5 Å². The molecule has 0 unspecified atom stereocenters. The molecular weight excluding hydrogens is 106 g/mol. The fourth-order valence-corrected chi connectivity index (χ4v) is 0.132. The molecule has 0 bridgehead atoms. The van der Waals surface area contributed by atoms with Crippen molar-refractivity contribution in [3.63, 3.8) is 0 Å². The van der Waals surface area contributed by atoms with Gasteiger partial charge < -0.3 is 15.9 Å². The van der Waals surface area contributed by atoms with Crippen molar-refractivity contribution in [2.24, 2.45) is 5.73 Å². The SMILES string of the molecule is C[C@@H](O)[C@](C)(N)CO. The first kappa shape index (κ1) is 7.88. The van der Waals surface area contributed by atoms with Gasteiger partial charge in [0.05, 0.1) is 18.2 Å². The molecule has 0 fully saturated rings. The summed E-state index contributed by atoms with van der Waals surface area (Å²) in [5.74, 6) is 0. The van der Waals surface area contributed by atoms with E-state index < -0.39 is 11.6 Å². The molecule has 0 saturated heterocycles. The van der Waals surface area contributed by atoms with Crippen molar-refractivity contribution < 1.29 is 10.2 Å². The van der Waals surface area contributed by atoms with Crippen molar-refractivity contribution in [1.29, 1.82) is 0 Å². The van der Waals surface area contributed by atoms with Gasteiger partial charge in [0.1, 0.15) is 0 Å². The molecule has 8 heavy (non-hydrogen) atoms. The third-order valence-corrected chi connectivity index (χ3v) is 1.30. The maximum absolute atomic E-state index is 8.80. The smallest absolute Gasteiger partial charge is 0.0711 e. The van der Waals surface area contributed by atoms with Crippen LogP contribution in [0.4, 0.5) is 0 Å². The van der Waals surface area contributed by atoms with Crippen LogP contribution in [0.1, 0.15) is 13.8 Å². The van der Waals surface area contributed by atoms with Crippen LogP contribution in [-0.4, -0.2) is 28.5 Å². The molecule has 0 aliphatic carbocycles. The summed E-state index contributed by atoms with van der Waals surface area (Å²) in [4.78, 5) is 0. The summed E-state index contributed by atoms with van der Waals surface area (Å²) in [7, 11) is 0. The molecule has 50 valence electrons. The van der Waals surface area contributed by atoms with Gasteiger partial charge in [0.2, 0.25) is 0 Å². The minimum absolute atomic E-state index is 0.190. The summed E-state index contributed by atoms with van der Waals surface area (Å²) in [6.45, 7) is 2.96. The summed E-state index contributed by atoms with van der Waals surface area (Å²) >= 11 is 0. The van der Waals surface area contributed by atoms with Gasteiger partial charge in [-0.05, 0) is 13.8 Å². The van der Waals surface area contributed by atoms with E-state index >= 15 is 0 Å². The average molecular weight is 119 g/mol. The summed E-state index contributed by atoms with van der Waals surface area (Å²) < 4.78 is 0. The van der Waals surface area contributed by atoms with Crippen molar-refractivity contribution in [1.82, 2.24) is 0 Å². The number of aliphatic hydroxyl groups is 2. The van der Waals surface area contributed by atoms with Gasteiger partial charge in [-0.3, -0.25) is 0 Å². The Morgan fingerprint density at radius 1 is 1.75 bits per heavy atom. The highest BCUT2D eigenvalue weighted by atomic mass is 16.3. The lowest BCUT2D eigenvalue weighted by atomic mass is 9.99. The van der Waals surface area contributed by atoms with E-state index in [1.807, 2.05) is 0 Å². The second-order valence-electron chi connectivity index (χ2n) is 2.34. The monoisotopic (exact) mass is 119 g/mol. The number of nitrogens with two attached hydrogens (primary N) is 1. The molecule has 0 saturated carbocycles. The number of rotatable bonds is 2. The van der Waals surface area contributed by atoms with Crippen LogP contribution >= 0.6 is 0 Å². The van der Waals surface area contributed by atoms with Crippen LogP contribution in [0.25, 0.3) is 0 Å². The standard InChI is InChI=1S/C5H13NO2/c1-4(8)5(2,6)3-7/h4,7-8H,3,6H2,1-2H3/t4-,5-/m1/s1. The predicted molar refractivity (Wildman–Crippen MR) is 31.4 cm³/mol. The first-order valence-electron chi connectivity index (χ1n) is 2.58. The summed E-state index contributed by atoms with van der Waals surface area (Å²) in [5.41, 5.74) is 4.51. The zero-order valence-electron chi connectivity index (χ0n) is 5.26. The van der Waals surface area contributed by atoms with Crippen molar-refractivity contribution in [3.05, 3.63) is 0 Å². The zero-order valence-corrected chi connectivity index (χ0v) is 5.26. The third kappa shape index (κ3) is 1.78. The Morgan fingerprint density at radius 3 is 2.12 bits per heavy atom. The minimum Gasteiger partial charge on any atom is -0.394 e. The molecule has 3 nitrogen and oxygen atoms in total. The van der Waals surface area contributed by atoms with Crippen LogP contribution in [-0.2, 0) is 0 Å². The number of aliphatic hydroxyl groups excluding tert-OH is 2. The molecule has 0 aliphatic heterocycles. The van der Waals surface area contributed by atoms with Crippen LogP contribution < -0.4 is 5.73 Å². The van der Waals surface area contributed by atoms with E-state index in [9.17, 15) is 0 Å². The summed E-state index contributed by atoms with van der Waals surface area (Å²) in [6.07, 6.45) is -0.660. The molecule has 0 spiro atoms. The fraction of sp³-hybridized carbons (Fsp3) is 1.00. The molecule has 0 aromatic heterocycles. The van der Waals surface area contributed by atoms with E-state index in [1.54, 1.807) is 13.8 Å². The van der Waals surface area contributed by atoms with Crippen molar-refractivity contribution in [3.8, 4) is 0 Å². The second-order valence-corrected chi connectivity index (χ2v) is 2.34. The molecule has 0 radical (unpaired) electrons. The van der Waals surface area contributed by atoms with Gasteiger partial charge in [-0.2, -0.15) is 0 Å². The Balaban J connectivity index is 3.71. The molecule has 3 heteroatoms. The van der Waals surface area contributed by atoms with E-state index in [0.717, 1.165) is 0 Å². The number of hydrogen-bond donors (Lipinski definition) is 3. The molecule has 4 N–H and O–H groups in total. The lowest BCUT2D eigenvalue weighted by molar-refractivity contribution is 0.0667. The van der Waals surface area contributed by atoms with Crippen molar-refractivity contribution in [2.45, 2.75) is 25.5 Å². The molecular formula is C5H13NO2. The van der Waals surface area contributed by atoms with Gasteiger partial charge >= 0.3 is 0 Å². The highest BCUT2D eigenvalue weighted by Gasteiger charge is 2.22. The Bertz CT molecular complexity index is 70.8. The Labute approximate surface area is 49.1 Å². The van der Waals surface area contributed by atoms with E-state index in [4.69, 9.17) is 15.9 Å². The molecule has 0 aromatic carbocycles. The highest BCUT2D eigenvalue weighted by Crippen LogP contribution is 2.02. The number of hydrogen-bond acceptors (Lipinski definition) is 3. The van der Waals surface area contributed by atoms with Crippen molar-refractivity contribution in [2.75, 3.05) is 6.61 Å². The van der Waals surface area contributed by atoms with Gasteiger partial charge in [-0.15, -0.1) is 0 Å². The normalized spacial score (nSPS) is 22.1. The maximum Gasteiger partial charge on any atom is 0.0711 e. The Morgan fingerprint density at radius 2 is 2.12 bits per heavy atom. The first-order valence-corrected chi connectivity index (χ1v) is 2.58. The summed E-state index contributed by atoms with van der Waals surface area (Å²) in [5, 5.41) is 17.3. The molecule has 2 atom stereocenters. The predicted octanol–water partition coefficient (Wildman–Crippen LogP) is -0.923. The lowest BCUT2D eigenvalue weighted by Crippen LogP contribution is -2.49. The Hall–Kier alpha value is -0.120. The third-order valence-electron chi connectivity index (χ3n) is 1.30. The van der Waals surface area contributed by atoms with E-state index in [0.29, 0.717) is 0 Å². The first-order chi connectivity index (χ1) is 3.50. The van der Waals surface area contributed by atoms with Gasteiger partial charge in [-0.25, -0.2) is 0 Å². The van der Waals surface area contributed by atoms with Crippen LogP contribution in [0.5, 0.6) is 0 Å². The molecule has 0 aromatic rings. The largest absolute Gasteiger partial charge is 0.394 e. The van der Waals surface area contributed by atoms with E-state index in [2.05, 4.69) is 0 Å². The zero-order chi connectivity index (χ0) is 6.78. The fourth-order valence-electron chi connectivity index (χ4n) is 0.132. The van der Waals surface area contributed by atoms with Crippen molar-refractivity contribution >= 4 is 0 Å². The van der Waals surface area contributed by atoms with Gasteiger partial charge in [0.15, 0.2) is 0 Å². The molecule has 0 rings (SSSR count). The van der Waals surface area contributed by atoms with E-state index in [-0.39, 0.29) is 6.61 Å². The van der Waals surface area contributed by atoms with Gasteiger partial charge in [0, 0.05) is 0 Å². The average Bonchev–Trinajstić information content (AvgIpc) is 1.67. The lowest BCUT2D eigenvalue weighted by Gasteiger charge is -2.24. The van der Waals surface area contributed by atoms with E-state index in [1.165, 1.54) is 0 Å².